The van der Waals surface area contributed by atoms with Gasteiger partial charge in [0.1, 0.15) is 5.75 Å². The van der Waals surface area contributed by atoms with Gasteiger partial charge in [-0.05, 0) is 61.9 Å². The summed E-state index contributed by atoms with van der Waals surface area (Å²) >= 11 is 0. The molecule has 5 nitrogen and oxygen atoms in total. The zero-order chi connectivity index (χ0) is 20.1. The van der Waals surface area contributed by atoms with E-state index in [2.05, 4.69) is 41.2 Å². The van der Waals surface area contributed by atoms with Gasteiger partial charge in [0.2, 0.25) is 0 Å². The van der Waals surface area contributed by atoms with Gasteiger partial charge in [0, 0.05) is 38.3 Å². The minimum atomic E-state index is -0.0178. The number of amides is 1. The summed E-state index contributed by atoms with van der Waals surface area (Å²) in [6.45, 7) is 8.75. The highest BCUT2D eigenvalue weighted by Gasteiger charge is 2.24. The highest BCUT2D eigenvalue weighted by Crippen LogP contribution is 2.24. The monoisotopic (exact) mass is 381 g/mol. The molecule has 1 saturated heterocycles. The number of benzene rings is 2. The Hall–Kier alpha value is -2.37. The molecule has 1 fully saturated rings. The van der Waals surface area contributed by atoms with Crippen LogP contribution in [0.5, 0.6) is 5.75 Å². The van der Waals surface area contributed by atoms with Crippen molar-refractivity contribution in [1.82, 2.24) is 15.1 Å². The Morgan fingerprint density at radius 1 is 1.04 bits per heavy atom. The Balaban J connectivity index is 1.74. The second-order valence-electron chi connectivity index (χ2n) is 7.64. The SMILES string of the molecule is COc1ccc([C@@H](CNC(=O)c2ccc(C)c(C)c2)N2CCN(C)CC2)cc1. The molecule has 0 unspecified atom stereocenters. The van der Waals surface area contributed by atoms with E-state index < -0.39 is 0 Å². The van der Waals surface area contributed by atoms with Gasteiger partial charge in [-0.2, -0.15) is 0 Å². The van der Waals surface area contributed by atoms with Crippen molar-refractivity contribution in [1.29, 1.82) is 0 Å². The maximum atomic E-state index is 12.7. The lowest BCUT2D eigenvalue weighted by atomic mass is 10.0. The number of piperazine rings is 1. The Morgan fingerprint density at radius 2 is 1.71 bits per heavy atom. The van der Waals surface area contributed by atoms with Gasteiger partial charge in [0.05, 0.1) is 13.2 Å². The molecule has 0 radical (unpaired) electrons. The van der Waals surface area contributed by atoms with Gasteiger partial charge in [-0.25, -0.2) is 0 Å². The molecule has 0 spiro atoms. The van der Waals surface area contributed by atoms with E-state index in [1.807, 2.05) is 37.3 Å². The van der Waals surface area contributed by atoms with E-state index in [1.54, 1.807) is 7.11 Å². The van der Waals surface area contributed by atoms with Crippen LogP contribution >= 0.6 is 0 Å². The van der Waals surface area contributed by atoms with Crippen molar-refractivity contribution in [2.45, 2.75) is 19.9 Å². The van der Waals surface area contributed by atoms with E-state index in [9.17, 15) is 4.79 Å². The number of hydrogen-bond donors (Lipinski definition) is 1. The molecule has 1 heterocycles. The average molecular weight is 382 g/mol. The van der Waals surface area contributed by atoms with Crippen LogP contribution in [0.1, 0.15) is 33.1 Å². The molecule has 28 heavy (non-hydrogen) atoms. The van der Waals surface area contributed by atoms with Gasteiger partial charge in [-0.3, -0.25) is 9.69 Å². The predicted octanol–water partition coefficient (Wildman–Crippen LogP) is 3.03. The third-order valence-corrected chi connectivity index (χ3v) is 5.70. The molecule has 2 aromatic carbocycles. The predicted molar refractivity (Wildman–Crippen MR) is 113 cm³/mol. The summed E-state index contributed by atoms with van der Waals surface area (Å²) in [7, 11) is 3.83. The second kappa shape index (κ2) is 9.22. The molecule has 1 amide bonds. The maximum absolute atomic E-state index is 12.7. The summed E-state index contributed by atoms with van der Waals surface area (Å²) in [6, 6.07) is 14.2. The van der Waals surface area contributed by atoms with E-state index >= 15 is 0 Å². The zero-order valence-corrected chi connectivity index (χ0v) is 17.4. The molecular formula is C23H31N3O2. The fraction of sp³-hybridized carbons (Fsp3) is 0.435. The lowest BCUT2D eigenvalue weighted by Gasteiger charge is -2.38. The minimum Gasteiger partial charge on any atom is -0.497 e. The normalized spacial score (nSPS) is 16.6. The number of nitrogens with zero attached hydrogens (tertiary/aromatic N) is 2. The van der Waals surface area contributed by atoms with Crippen molar-refractivity contribution in [2.75, 3.05) is 46.9 Å². The molecule has 1 atom stereocenters. The van der Waals surface area contributed by atoms with Crippen LogP contribution in [-0.4, -0.2) is 62.6 Å². The van der Waals surface area contributed by atoms with Crippen molar-refractivity contribution >= 4 is 5.91 Å². The fourth-order valence-corrected chi connectivity index (χ4v) is 3.59. The van der Waals surface area contributed by atoms with E-state index in [1.165, 1.54) is 11.1 Å². The number of carbonyl (C=O) groups is 1. The lowest BCUT2D eigenvalue weighted by Crippen LogP contribution is -2.48. The number of ether oxygens (including phenoxy) is 1. The van der Waals surface area contributed by atoms with Crippen molar-refractivity contribution in [3.05, 3.63) is 64.7 Å². The summed E-state index contributed by atoms with van der Waals surface area (Å²) < 4.78 is 5.30. The number of carbonyl (C=O) groups excluding carboxylic acids is 1. The molecule has 2 aromatic rings. The molecule has 5 heteroatoms. The number of rotatable bonds is 6. The Bertz CT molecular complexity index is 796. The van der Waals surface area contributed by atoms with Crippen molar-refractivity contribution in [3.63, 3.8) is 0 Å². The summed E-state index contributed by atoms with van der Waals surface area (Å²) in [5, 5.41) is 3.16. The standard InChI is InChI=1S/C23H31N3O2/c1-17-5-6-20(15-18(17)2)23(27)24-16-22(26-13-11-25(3)12-14-26)19-7-9-21(28-4)10-8-19/h5-10,15,22H,11-14,16H2,1-4H3,(H,24,27)/t22-/m1/s1. The quantitative estimate of drug-likeness (QED) is 0.835. The van der Waals surface area contributed by atoms with Crippen molar-refractivity contribution in [3.8, 4) is 5.75 Å². The molecular weight excluding hydrogens is 350 g/mol. The summed E-state index contributed by atoms with van der Waals surface area (Å²) in [6.07, 6.45) is 0. The van der Waals surface area contributed by atoms with E-state index in [0.29, 0.717) is 6.54 Å². The molecule has 1 aliphatic rings. The minimum absolute atomic E-state index is 0.0178. The van der Waals surface area contributed by atoms with Crippen molar-refractivity contribution in [2.24, 2.45) is 0 Å². The van der Waals surface area contributed by atoms with Gasteiger partial charge in [-0.15, -0.1) is 0 Å². The number of hydrogen-bond acceptors (Lipinski definition) is 4. The Morgan fingerprint density at radius 3 is 2.32 bits per heavy atom. The second-order valence-corrected chi connectivity index (χ2v) is 7.64. The van der Waals surface area contributed by atoms with Crippen molar-refractivity contribution < 1.29 is 9.53 Å². The van der Waals surface area contributed by atoms with Gasteiger partial charge in [0.25, 0.3) is 5.91 Å². The molecule has 1 N–H and O–H groups in total. The van der Waals surface area contributed by atoms with E-state index in [4.69, 9.17) is 4.74 Å². The highest BCUT2D eigenvalue weighted by molar-refractivity contribution is 5.94. The van der Waals surface area contributed by atoms with Crippen LogP contribution in [0.2, 0.25) is 0 Å². The molecule has 3 rings (SSSR count). The smallest absolute Gasteiger partial charge is 0.251 e. The van der Waals surface area contributed by atoms with Crippen LogP contribution in [-0.2, 0) is 0 Å². The van der Waals surface area contributed by atoms with Crippen LogP contribution < -0.4 is 10.1 Å². The van der Waals surface area contributed by atoms with Crippen LogP contribution in [0.25, 0.3) is 0 Å². The largest absolute Gasteiger partial charge is 0.497 e. The van der Waals surface area contributed by atoms with Gasteiger partial charge in [0.15, 0.2) is 0 Å². The van der Waals surface area contributed by atoms with Crippen LogP contribution in [0, 0.1) is 13.8 Å². The fourth-order valence-electron chi connectivity index (χ4n) is 3.59. The third-order valence-electron chi connectivity index (χ3n) is 5.70. The Labute approximate surface area is 168 Å². The third kappa shape index (κ3) is 4.91. The summed E-state index contributed by atoms with van der Waals surface area (Å²) in [4.78, 5) is 17.5. The highest BCUT2D eigenvalue weighted by atomic mass is 16.5. The first kappa shape index (κ1) is 20.4. The topological polar surface area (TPSA) is 44.8 Å². The molecule has 0 aromatic heterocycles. The molecule has 150 valence electrons. The summed E-state index contributed by atoms with van der Waals surface area (Å²) in [5.74, 6) is 0.829. The molecule has 0 aliphatic carbocycles. The lowest BCUT2D eigenvalue weighted by molar-refractivity contribution is 0.0886. The zero-order valence-electron chi connectivity index (χ0n) is 17.4. The van der Waals surface area contributed by atoms with E-state index in [0.717, 1.165) is 43.1 Å². The van der Waals surface area contributed by atoms with Crippen LogP contribution in [0.4, 0.5) is 0 Å². The number of likely N-dealkylation sites (N-methyl/N-ethyl adjacent to an activating group) is 1. The van der Waals surface area contributed by atoms with E-state index in [-0.39, 0.29) is 11.9 Å². The van der Waals surface area contributed by atoms with Gasteiger partial charge >= 0.3 is 0 Å². The molecule has 1 aliphatic heterocycles. The van der Waals surface area contributed by atoms with Crippen LogP contribution in [0.15, 0.2) is 42.5 Å². The first-order valence-electron chi connectivity index (χ1n) is 9.90. The van der Waals surface area contributed by atoms with Gasteiger partial charge < -0.3 is 15.0 Å². The number of nitrogens with one attached hydrogen (secondary N) is 1. The Kier molecular flexibility index (Phi) is 6.70. The molecule has 0 bridgehead atoms. The molecule has 0 saturated carbocycles. The number of aryl methyl sites for hydroxylation is 2. The summed E-state index contributed by atoms with van der Waals surface area (Å²) in [5.41, 5.74) is 4.25. The first-order valence-corrected chi connectivity index (χ1v) is 9.90. The number of methoxy groups -OCH3 is 1. The maximum Gasteiger partial charge on any atom is 0.251 e. The first-order chi connectivity index (χ1) is 13.5. The average Bonchev–Trinajstić information content (AvgIpc) is 2.71. The van der Waals surface area contributed by atoms with Gasteiger partial charge in [-0.1, -0.05) is 18.2 Å². The van der Waals surface area contributed by atoms with Crippen LogP contribution in [0.3, 0.4) is 0 Å².